The lowest BCUT2D eigenvalue weighted by atomic mass is 9.62. The Hall–Kier alpha value is -2.18. The molecule has 5 rings (SSSR count). The van der Waals surface area contributed by atoms with Crippen LogP contribution in [0, 0.1) is 11.3 Å². The second-order valence-electron chi connectivity index (χ2n) is 8.93. The fraction of sp³-hybridized carbons (Fsp3) is 0.522. The lowest BCUT2D eigenvalue weighted by molar-refractivity contribution is -0.142. The van der Waals surface area contributed by atoms with Crippen LogP contribution in [-0.4, -0.2) is 64.9 Å². The van der Waals surface area contributed by atoms with Crippen molar-refractivity contribution < 1.29 is 4.79 Å². The van der Waals surface area contributed by atoms with Crippen molar-refractivity contribution in [3.05, 3.63) is 53.3 Å². The third kappa shape index (κ3) is 3.79. The zero-order valence-corrected chi connectivity index (χ0v) is 18.0. The van der Waals surface area contributed by atoms with Gasteiger partial charge in [0.2, 0.25) is 11.9 Å². The first kappa shape index (κ1) is 19.8. The number of hydrogen-bond acceptors (Lipinski definition) is 5. The molecule has 1 saturated carbocycles. The zero-order chi connectivity index (χ0) is 20.6. The van der Waals surface area contributed by atoms with E-state index < -0.39 is 0 Å². The van der Waals surface area contributed by atoms with Crippen LogP contribution in [0.4, 0.5) is 5.95 Å². The SMILES string of the molecule is O=C(C1CN(c2ncccn2)CC12CCC2)N1CCN(Cc2cccc(Cl)c2)CC1. The summed E-state index contributed by atoms with van der Waals surface area (Å²) in [5.74, 6) is 1.15. The normalized spacial score (nSPS) is 23.6. The molecule has 3 fully saturated rings. The van der Waals surface area contributed by atoms with E-state index in [0.29, 0.717) is 5.91 Å². The molecule has 2 aromatic rings. The Morgan fingerprint density at radius 1 is 1.10 bits per heavy atom. The molecule has 1 aliphatic carbocycles. The average Bonchev–Trinajstić information content (AvgIpc) is 3.16. The Morgan fingerprint density at radius 2 is 1.87 bits per heavy atom. The maximum absolute atomic E-state index is 13.5. The van der Waals surface area contributed by atoms with Crippen molar-refractivity contribution in [1.29, 1.82) is 0 Å². The van der Waals surface area contributed by atoms with Crippen LogP contribution >= 0.6 is 11.6 Å². The van der Waals surface area contributed by atoms with Gasteiger partial charge in [0.1, 0.15) is 0 Å². The number of carbonyl (C=O) groups is 1. The molecular formula is C23H28ClN5O. The first-order chi connectivity index (χ1) is 14.6. The summed E-state index contributed by atoms with van der Waals surface area (Å²) in [6.45, 7) is 5.94. The number of piperazine rings is 1. The summed E-state index contributed by atoms with van der Waals surface area (Å²) in [6, 6.07) is 9.88. The van der Waals surface area contributed by atoms with Crippen LogP contribution in [0.25, 0.3) is 0 Å². The molecule has 1 aromatic carbocycles. The second-order valence-corrected chi connectivity index (χ2v) is 9.37. The highest BCUT2D eigenvalue weighted by atomic mass is 35.5. The number of amides is 1. The largest absolute Gasteiger partial charge is 0.340 e. The quantitative estimate of drug-likeness (QED) is 0.753. The van der Waals surface area contributed by atoms with E-state index in [1.807, 2.05) is 24.3 Å². The first-order valence-corrected chi connectivity index (χ1v) is 11.3. The Labute approximate surface area is 182 Å². The summed E-state index contributed by atoms with van der Waals surface area (Å²) in [7, 11) is 0. The average molecular weight is 426 g/mol. The molecule has 1 aromatic heterocycles. The predicted molar refractivity (Wildman–Crippen MR) is 117 cm³/mol. The predicted octanol–water partition coefficient (Wildman–Crippen LogP) is 3.08. The fourth-order valence-corrected chi connectivity index (χ4v) is 5.51. The Balaban J connectivity index is 1.22. The number of carbonyl (C=O) groups excluding carboxylic acids is 1. The van der Waals surface area contributed by atoms with Gasteiger partial charge in [-0.25, -0.2) is 9.97 Å². The highest BCUT2D eigenvalue weighted by Crippen LogP contribution is 2.52. The molecule has 158 valence electrons. The molecule has 1 amide bonds. The van der Waals surface area contributed by atoms with E-state index in [9.17, 15) is 4.79 Å². The van der Waals surface area contributed by atoms with Gasteiger partial charge < -0.3 is 9.80 Å². The van der Waals surface area contributed by atoms with E-state index in [-0.39, 0.29) is 11.3 Å². The summed E-state index contributed by atoms with van der Waals surface area (Å²) in [5.41, 5.74) is 1.35. The van der Waals surface area contributed by atoms with Gasteiger partial charge in [0.05, 0.1) is 5.92 Å². The molecule has 0 N–H and O–H groups in total. The van der Waals surface area contributed by atoms with Gasteiger partial charge in [-0.15, -0.1) is 0 Å². The van der Waals surface area contributed by atoms with Crippen molar-refractivity contribution in [3.8, 4) is 0 Å². The molecule has 1 unspecified atom stereocenters. The van der Waals surface area contributed by atoms with Crippen LogP contribution < -0.4 is 4.90 Å². The Bertz CT molecular complexity index is 895. The number of nitrogens with zero attached hydrogens (tertiary/aromatic N) is 5. The fourth-order valence-electron chi connectivity index (χ4n) is 5.29. The van der Waals surface area contributed by atoms with Crippen LogP contribution in [0.3, 0.4) is 0 Å². The molecule has 2 saturated heterocycles. The highest BCUT2D eigenvalue weighted by Gasteiger charge is 2.54. The minimum atomic E-state index is 0.0644. The summed E-state index contributed by atoms with van der Waals surface area (Å²) >= 11 is 6.12. The number of rotatable bonds is 4. The molecule has 30 heavy (non-hydrogen) atoms. The molecule has 1 atom stereocenters. The number of aromatic nitrogens is 2. The maximum atomic E-state index is 13.5. The summed E-state index contributed by atoms with van der Waals surface area (Å²) in [5, 5.41) is 0.778. The summed E-state index contributed by atoms with van der Waals surface area (Å²) in [4.78, 5) is 29.1. The lowest BCUT2D eigenvalue weighted by Gasteiger charge is -2.44. The van der Waals surface area contributed by atoms with E-state index in [4.69, 9.17) is 11.6 Å². The minimum absolute atomic E-state index is 0.0644. The van der Waals surface area contributed by atoms with Gasteiger partial charge in [-0.1, -0.05) is 30.2 Å². The number of hydrogen-bond donors (Lipinski definition) is 0. The zero-order valence-electron chi connectivity index (χ0n) is 17.2. The van der Waals surface area contributed by atoms with Gasteiger partial charge in [-0.2, -0.15) is 0 Å². The summed E-state index contributed by atoms with van der Waals surface area (Å²) < 4.78 is 0. The summed E-state index contributed by atoms with van der Waals surface area (Å²) in [6.07, 6.45) is 7.07. The van der Waals surface area contributed by atoms with Gasteiger partial charge in [0.15, 0.2) is 0 Å². The number of halogens is 1. The topological polar surface area (TPSA) is 52.6 Å². The van der Waals surface area contributed by atoms with Crippen molar-refractivity contribution in [2.75, 3.05) is 44.2 Å². The van der Waals surface area contributed by atoms with Crippen LogP contribution in [0.15, 0.2) is 42.7 Å². The molecule has 7 heteroatoms. The first-order valence-electron chi connectivity index (χ1n) is 10.9. The van der Waals surface area contributed by atoms with Crippen molar-refractivity contribution >= 4 is 23.5 Å². The minimum Gasteiger partial charge on any atom is -0.340 e. The molecular weight excluding hydrogens is 398 g/mol. The van der Waals surface area contributed by atoms with Gasteiger partial charge in [0.25, 0.3) is 0 Å². The second kappa shape index (κ2) is 8.16. The third-order valence-corrected chi connectivity index (χ3v) is 7.34. The lowest BCUT2D eigenvalue weighted by Crippen LogP contribution is -2.53. The molecule has 2 aliphatic heterocycles. The van der Waals surface area contributed by atoms with Gasteiger partial charge in [0, 0.05) is 68.6 Å². The highest BCUT2D eigenvalue weighted by molar-refractivity contribution is 6.30. The number of benzene rings is 1. The van der Waals surface area contributed by atoms with Crippen LogP contribution in [0.1, 0.15) is 24.8 Å². The van der Waals surface area contributed by atoms with E-state index in [0.717, 1.165) is 69.6 Å². The van der Waals surface area contributed by atoms with E-state index >= 15 is 0 Å². The molecule has 0 bridgehead atoms. The standard InChI is InChI=1S/C23H28ClN5O/c24-19-5-1-4-18(14-19)15-27-10-12-28(13-11-27)21(30)20-16-29(17-23(20)6-2-7-23)22-25-8-3-9-26-22/h1,3-5,8-9,14,20H,2,6-7,10-13,15-17H2. The molecule has 3 aliphatic rings. The number of anilines is 1. The smallest absolute Gasteiger partial charge is 0.228 e. The van der Waals surface area contributed by atoms with Gasteiger partial charge >= 0.3 is 0 Å². The Kier molecular flexibility index (Phi) is 5.37. The van der Waals surface area contributed by atoms with Crippen molar-refractivity contribution in [2.45, 2.75) is 25.8 Å². The molecule has 1 spiro atoms. The van der Waals surface area contributed by atoms with E-state index in [1.54, 1.807) is 12.4 Å². The van der Waals surface area contributed by atoms with E-state index in [1.165, 1.54) is 12.0 Å². The molecule has 6 nitrogen and oxygen atoms in total. The van der Waals surface area contributed by atoms with Crippen molar-refractivity contribution in [1.82, 2.24) is 19.8 Å². The maximum Gasteiger partial charge on any atom is 0.228 e. The van der Waals surface area contributed by atoms with Crippen LogP contribution in [0.5, 0.6) is 0 Å². The van der Waals surface area contributed by atoms with Crippen LogP contribution in [-0.2, 0) is 11.3 Å². The van der Waals surface area contributed by atoms with Crippen LogP contribution in [0.2, 0.25) is 5.02 Å². The van der Waals surface area contributed by atoms with E-state index in [2.05, 4.69) is 30.7 Å². The monoisotopic (exact) mass is 425 g/mol. The van der Waals surface area contributed by atoms with Crippen molar-refractivity contribution in [2.24, 2.45) is 11.3 Å². The molecule has 3 heterocycles. The molecule has 0 radical (unpaired) electrons. The third-order valence-electron chi connectivity index (χ3n) is 7.11. The van der Waals surface area contributed by atoms with Gasteiger partial charge in [-0.3, -0.25) is 9.69 Å². The van der Waals surface area contributed by atoms with Gasteiger partial charge in [-0.05, 0) is 36.6 Å². The Morgan fingerprint density at radius 3 is 2.53 bits per heavy atom. The van der Waals surface area contributed by atoms with Crippen molar-refractivity contribution in [3.63, 3.8) is 0 Å².